The van der Waals surface area contributed by atoms with Gasteiger partial charge in [0.05, 0.1) is 0 Å². The minimum Gasteiger partial charge on any atom is -0.357 e. The second-order valence-electron chi connectivity index (χ2n) is 4.62. The fourth-order valence-corrected chi connectivity index (χ4v) is 2.37. The molecule has 1 aliphatic rings. The molecule has 18 heavy (non-hydrogen) atoms. The molecule has 0 N–H and O–H groups in total. The fraction of sp³-hybridized carbons (Fsp3) is 0.357. The fourth-order valence-electron chi connectivity index (χ4n) is 2.37. The summed E-state index contributed by atoms with van der Waals surface area (Å²) in [5.41, 5.74) is 1.09. The van der Waals surface area contributed by atoms with E-state index in [0.29, 0.717) is 11.3 Å². The second-order valence-corrected chi connectivity index (χ2v) is 4.62. The zero-order valence-electron chi connectivity index (χ0n) is 10.2. The van der Waals surface area contributed by atoms with Crippen LogP contribution in [0.3, 0.4) is 0 Å². The molecule has 0 aromatic carbocycles. The van der Waals surface area contributed by atoms with Gasteiger partial charge < -0.3 is 4.90 Å². The van der Waals surface area contributed by atoms with Crippen LogP contribution in [-0.2, 0) is 0 Å². The number of nitrogens with zero attached hydrogens (tertiary/aromatic N) is 3. The highest BCUT2D eigenvalue weighted by atomic mass is 16.1. The van der Waals surface area contributed by atoms with Gasteiger partial charge in [-0.3, -0.25) is 4.79 Å². The molecular weight excluding hydrogens is 226 g/mol. The molecule has 4 heteroatoms. The minimum atomic E-state index is 0.436. The Balaban J connectivity index is 2.00. The molecule has 0 radical (unpaired) electrons. The van der Waals surface area contributed by atoms with Gasteiger partial charge >= 0.3 is 0 Å². The lowest BCUT2D eigenvalue weighted by Crippen LogP contribution is -2.30. The van der Waals surface area contributed by atoms with Gasteiger partial charge in [0.1, 0.15) is 11.5 Å². The van der Waals surface area contributed by atoms with Crippen LogP contribution in [0.4, 0.5) is 5.82 Å². The Morgan fingerprint density at radius 3 is 2.56 bits per heavy atom. The average Bonchev–Trinajstić information content (AvgIpc) is 2.47. The zero-order chi connectivity index (χ0) is 12.4. The summed E-state index contributed by atoms with van der Waals surface area (Å²) in [5, 5.41) is 0.973. The van der Waals surface area contributed by atoms with Crippen molar-refractivity contribution in [3.05, 3.63) is 30.0 Å². The van der Waals surface area contributed by atoms with Gasteiger partial charge in [0.25, 0.3) is 0 Å². The molecule has 3 heterocycles. The van der Waals surface area contributed by atoms with Crippen LogP contribution >= 0.6 is 0 Å². The van der Waals surface area contributed by atoms with E-state index in [-0.39, 0.29) is 0 Å². The first-order chi connectivity index (χ1) is 8.86. The summed E-state index contributed by atoms with van der Waals surface area (Å²) in [7, 11) is 0. The molecule has 0 saturated carbocycles. The molecule has 0 aliphatic carbocycles. The molecule has 1 aliphatic heterocycles. The summed E-state index contributed by atoms with van der Waals surface area (Å²) in [6, 6.07) is 7.67. The van der Waals surface area contributed by atoms with E-state index in [1.807, 2.05) is 18.2 Å². The molecule has 92 valence electrons. The summed E-state index contributed by atoms with van der Waals surface area (Å²) in [4.78, 5) is 21.8. The molecule has 1 fully saturated rings. The van der Waals surface area contributed by atoms with Gasteiger partial charge in [-0.1, -0.05) is 0 Å². The number of pyridine rings is 2. The average molecular weight is 241 g/mol. The van der Waals surface area contributed by atoms with Crippen molar-refractivity contribution < 1.29 is 4.79 Å². The molecule has 2 aromatic heterocycles. The van der Waals surface area contributed by atoms with E-state index in [2.05, 4.69) is 14.9 Å². The van der Waals surface area contributed by atoms with E-state index in [1.54, 1.807) is 6.07 Å². The van der Waals surface area contributed by atoms with E-state index >= 15 is 0 Å². The third-order valence-electron chi connectivity index (χ3n) is 3.36. The van der Waals surface area contributed by atoms with Crippen molar-refractivity contribution >= 4 is 23.1 Å². The summed E-state index contributed by atoms with van der Waals surface area (Å²) in [5.74, 6) is 0.970. The van der Waals surface area contributed by atoms with Gasteiger partial charge in [-0.05, 0) is 43.5 Å². The monoisotopic (exact) mass is 241 g/mol. The highest BCUT2D eigenvalue weighted by molar-refractivity contribution is 5.81. The maximum atomic E-state index is 10.7. The van der Waals surface area contributed by atoms with E-state index in [4.69, 9.17) is 0 Å². The van der Waals surface area contributed by atoms with E-state index in [9.17, 15) is 4.79 Å². The second kappa shape index (κ2) is 4.72. The van der Waals surface area contributed by atoms with Crippen molar-refractivity contribution in [3.8, 4) is 0 Å². The van der Waals surface area contributed by atoms with Crippen LogP contribution in [0.5, 0.6) is 0 Å². The van der Waals surface area contributed by atoms with Gasteiger partial charge in [-0.25, -0.2) is 9.97 Å². The molecule has 0 amide bonds. The van der Waals surface area contributed by atoms with Gasteiger partial charge in [0, 0.05) is 18.5 Å². The lowest BCUT2D eigenvalue weighted by Gasteiger charge is -2.27. The number of aldehydes is 1. The normalized spacial score (nSPS) is 15.9. The Bertz CT molecular complexity index is 576. The number of fused-ring (bicyclic) bond motifs is 1. The Labute approximate surface area is 106 Å². The molecule has 0 atom stereocenters. The lowest BCUT2D eigenvalue weighted by atomic mass is 10.1. The summed E-state index contributed by atoms with van der Waals surface area (Å²) < 4.78 is 0. The SMILES string of the molecule is O=Cc1ccc2ccc(N3CCCCC3)nc2n1. The predicted octanol–water partition coefficient (Wildman–Crippen LogP) is 2.43. The number of carbonyl (C=O) groups excluding carboxylic acids is 1. The van der Waals surface area contributed by atoms with Crippen molar-refractivity contribution in [3.63, 3.8) is 0 Å². The molecule has 0 unspecified atom stereocenters. The van der Waals surface area contributed by atoms with Crippen LogP contribution in [-0.4, -0.2) is 29.3 Å². The largest absolute Gasteiger partial charge is 0.357 e. The van der Waals surface area contributed by atoms with Crippen molar-refractivity contribution in [1.29, 1.82) is 0 Å². The first-order valence-corrected chi connectivity index (χ1v) is 6.35. The van der Waals surface area contributed by atoms with Crippen LogP contribution in [0.1, 0.15) is 29.8 Å². The maximum Gasteiger partial charge on any atom is 0.168 e. The minimum absolute atomic E-state index is 0.436. The van der Waals surface area contributed by atoms with Gasteiger partial charge in [0.2, 0.25) is 0 Å². The Kier molecular flexibility index (Phi) is 2.92. The highest BCUT2D eigenvalue weighted by Gasteiger charge is 2.12. The van der Waals surface area contributed by atoms with Crippen molar-refractivity contribution in [2.45, 2.75) is 19.3 Å². The van der Waals surface area contributed by atoms with Crippen LogP contribution < -0.4 is 4.90 Å². The maximum absolute atomic E-state index is 10.7. The van der Waals surface area contributed by atoms with E-state index in [0.717, 1.165) is 30.6 Å². The molecule has 0 bridgehead atoms. The Hall–Kier alpha value is -1.97. The number of hydrogen-bond donors (Lipinski definition) is 0. The Morgan fingerprint density at radius 2 is 1.78 bits per heavy atom. The zero-order valence-corrected chi connectivity index (χ0v) is 10.2. The number of aromatic nitrogens is 2. The Morgan fingerprint density at radius 1 is 1.00 bits per heavy atom. The summed E-state index contributed by atoms with van der Waals surface area (Å²) >= 11 is 0. The molecule has 3 rings (SSSR count). The first-order valence-electron chi connectivity index (χ1n) is 6.35. The van der Waals surface area contributed by atoms with Crippen LogP contribution in [0.15, 0.2) is 24.3 Å². The highest BCUT2D eigenvalue weighted by Crippen LogP contribution is 2.20. The number of rotatable bonds is 2. The van der Waals surface area contributed by atoms with Crippen LogP contribution in [0, 0.1) is 0 Å². The van der Waals surface area contributed by atoms with Crippen molar-refractivity contribution in [2.75, 3.05) is 18.0 Å². The molecule has 4 nitrogen and oxygen atoms in total. The molecule has 0 spiro atoms. The van der Waals surface area contributed by atoms with Crippen LogP contribution in [0.25, 0.3) is 11.0 Å². The van der Waals surface area contributed by atoms with E-state index in [1.165, 1.54) is 19.3 Å². The van der Waals surface area contributed by atoms with Crippen LogP contribution in [0.2, 0.25) is 0 Å². The molecular formula is C14H15N3O. The number of hydrogen-bond acceptors (Lipinski definition) is 4. The third-order valence-corrected chi connectivity index (χ3v) is 3.36. The topological polar surface area (TPSA) is 46.1 Å². The lowest BCUT2D eigenvalue weighted by molar-refractivity contribution is 0.111. The number of anilines is 1. The van der Waals surface area contributed by atoms with E-state index < -0.39 is 0 Å². The van der Waals surface area contributed by atoms with Gasteiger partial charge in [-0.15, -0.1) is 0 Å². The third kappa shape index (κ3) is 2.06. The van der Waals surface area contributed by atoms with Crippen molar-refractivity contribution in [1.82, 2.24) is 9.97 Å². The van der Waals surface area contributed by atoms with Crippen molar-refractivity contribution in [2.24, 2.45) is 0 Å². The summed E-state index contributed by atoms with van der Waals surface area (Å²) in [6.07, 6.45) is 4.51. The summed E-state index contributed by atoms with van der Waals surface area (Å²) in [6.45, 7) is 2.12. The quantitative estimate of drug-likeness (QED) is 0.757. The number of carbonyl (C=O) groups is 1. The smallest absolute Gasteiger partial charge is 0.168 e. The van der Waals surface area contributed by atoms with Gasteiger partial charge in [0.15, 0.2) is 11.9 Å². The predicted molar refractivity (Wildman–Crippen MR) is 71.0 cm³/mol. The molecule has 2 aromatic rings. The van der Waals surface area contributed by atoms with Gasteiger partial charge in [-0.2, -0.15) is 0 Å². The molecule has 1 saturated heterocycles. The standard InChI is InChI=1S/C14H15N3O/c18-10-12-6-4-11-5-7-13(16-14(11)15-12)17-8-2-1-3-9-17/h4-7,10H,1-3,8-9H2. The number of piperidine rings is 1. The first kappa shape index (κ1) is 11.1.